The van der Waals surface area contributed by atoms with Crippen LogP contribution in [0.3, 0.4) is 0 Å². The molecular formula is C20H26N2O2. The molecule has 1 saturated carbocycles. The van der Waals surface area contributed by atoms with Crippen molar-refractivity contribution in [2.24, 2.45) is 17.3 Å². The summed E-state index contributed by atoms with van der Waals surface area (Å²) in [5.74, 6) is 1.29. The molecule has 0 bridgehead atoms. The van der Waals surface area contributed by atoms with E-state index < -0.39 is 0 Å². The summed E-state index contributed by atoms with van der Waals surface area (Å²) in [4.78, 5) is 29.4. The third-order valence-electron chi connectivity index (χ3n) is 6.15. The van der Waals surface area contributed by atoms with E-state index in [-0.39, 0.29) is 23.1 Å². The summed E-state index contributed by atoms with van der Waals surface area (Å²) >= 11 is 0. The lowest BCUT2D eigenvalue weighted by Gasteiger charge is -2.24. The largest absolute Gasteiger partial charge is 0.341 e. The number of amides is 2. The Labute approximate surface area is 143 Å². The van der Waals surface area contributed by atoms with Crippen LogP contribution >= 0.6 is 0 Å². The maximum absolute atomic E-state index is 13.0. The van der Waals surface area contributed by atoms with Crippen LogP contribution in [0.2, 0.25) is 0 Å². The molecule has 24 heavy (non-hydrogen) atoms. The molecule has 128 valence electrons. The van der Waals surface area contributed by atoms with Gasteiger partial charge < -0.3 is 9.80 Å². The molecule has 0 N–H and O–H groups in total. The number of rotatable bonds is 3. The molecule has 1 aliphatic carbocycles. The zero-order valence-corrected chi connectivity index (χ0v) is 14.6. The molecule has 4 rings (SSSR count). The average Bonchev–Trinajstić information content (AvgIpc) is 3.02. The van der Waals surface area contributed by atoms with Crippen molar-refractivity contribution in [3.8, 4) is 0 Å². The molecule has 2 aliphatic heterocycles. The summed E-state index contributed by atoms with van der Waals surface area (Å²) in [6.07, 6.45) is 2.75. The van der Waals surface area contributed by atoms with Crippen molar-refractivity contribution in [1.29, 1.82) is 0 Å². The average molecular weight is 326 g/mol. The number of hydrogen-bond acceptors (Lipinski definition) is 2. The van der Waals surface area contributed by atoms with Crippen LogP contribution in [0.25, 0.3) is 0 Å². The fourth-order valence-electron chi connectivity index (χ4n) is 4.41. The first-order chi connectivity index (χ1) is 11.5. The second kappa shape index (κ2) is 5.61. The van der Waals surface area contributed by atoms with E-state index in [4.69, 9.17) is 0 Å². The number of likely N-dealkylation sites (tertiary alicyclic amines) is 2. The Kier molecular flexibility index (Phi) is 3.66. The van der Waals surface area contributed by atoms with Gasteiger partial charge in [0.25, 0.3) is 0 Å². The molecule has 2 heterocycles. The maximum atomic E-state index is 13.0. The smallest absolute Gasteiger partial charge is 0.231 e. The summed E-state index contributed by atoms with van der Waals surface area (Å²) in [5.41, 5.74) is 2.11. The van der Waals surface area contributed by atoms with E-state index in [1.54, 1.807) is 0 Å². The lowest BCUT2D eigenvalue weighted by Crippen LogP contribution is -2.38. The van der Waals surface area contributed by atoms with Gasteiger partial charge in [0.2, 0.25) is 11.8 Å². The second-order valence-corrected chi connectivity index (χ2v) is 8.08. The highest BCUT2D eigenvalue weighted by molar-refractivity contribution is 5.88. The quantitative estimate of drug-likeness (QED) is 0.857. The zero-order chi connectivity index (χ0) is 16.9. The lowest BCUT2D eigenvalue weighted by molar-refractivity contribution is -0.137. The highest BCUT2D eigenvalue weighted by Crippen LogP contribution is 2.45. The minimum absolute atomic E-state index is 0.222. The molecule has 3 aliphatic rings. The number of carbonyl (C=O) groups excluding carboxylic acids is 2. The monoisotopic (exact) mass is 326 g/mol. The van der Waals surface area contributed by atoms with Gasteiger partial charge in [0, 0.05) is 32.1 Å². The molecule has 1 aromatic rings. The number of aryl methyl sites for hydroxylation is 1. The van der Waals surface area contributed by atoms with Gasteiger partial charge in [0.1, 0.15) is 0 Å². The van der Waals surface area contributed by atoms with E-state index in [2.05, 4.69) is 32.0 Å². The van der Waals surface area contributed by atoms with Crippen molar-refractivity contribution < 1.29 is 9.59 Å². The van der Waals surface area contributed by atoms with Gasteiger partial charge in [0.05, 0.1) is 5.41 Å². The highest BCUT2D eigenvalue weighted by atomic mass is 16.2. The zero-order valence-electron chi connectivity index (χ0n) is 14.6. The summed E-state index contributed by atoms with van der Waals surface area (Å²) in [6.45, 7) is 7.11. The fraction of sp³-hybridized carbons (Fsp3) is 0.600. The molecule has 0 radical (unpaired) electrons. The Balaban J connectivity index is 1.42. The van der Waals surface area contributed by atoms with Crippen molar-refractivity contribution in [3.63, 3.8) is 0 Å². The summed E-state index contributed by atoms with van der Waals surface area (Å²) in [5, 5.41) is 0. The number of nitrogens with zero attached hydrogens (tertiary/aromatic N) is 2. The molecule has 2 saturated heterocycles. The van der Waals surface area contributed by atoms with Crippen molar-refractivity contribution in [2.75, 3.05) is 19.6 Å². The van der Waals surface area contributed by atoms with Crippen molar-refractivity contribution >= 4 is 11.8 Å². The van der Waals surface area contributed by atoms with Gasteiger partial charge in [-0.05, 0) is 37.7 Å². The van der Waals surface area contributed by atoms with Crippen molar-refractivity contribution in [1.82, 2.24) is 9.80 Å². The molecule has 0 aromatic heterocycles. The van der Waals surface area contributed by atoms with E-state index in [1.807, 2.05) is 15.9 Å². The first-order valence-electron chi connectivity index (χ1n) is 9.12. The normalized spacial score (nSPS) is 32.0. The summed E-state index contributed by atoms with van der Waals surface area (Å²) in [7, 11) is 0. The van der Waals surface area contributed by atoms with Gasteiger partial charge in [-0.25, -0.2) is 0 Å². The van der Waals surface area contributed by atoms with Gasteiger partial charge in [0.15, 0.2) is 0 Å². The summed E-state index contributed by atoms with van der Waals surface area (Å²) < 4.78 is 0. The van der Waals surface area contributed by atoms with Crippen molar-refractivity contribution in [3.05, 3.63) is 35.4 Å². The summed E-state index contributed by atoms with van der Waals surface area (Å²) in [6, 6.07) is 8.37. The van der Waals surface area contributed by atoms with E-state index in [0.717, 1.165) is 32.4 Å². The molecule has 3 unspecified atom stereocenters. The van der Waals surface area contributed by atoms with Crippen LogP contribution in [0.1, 0.15) is 37.3 Å². The minimum atomic E-state index is -0.308. The Bertz CT molecular complexity index is 686. The van der Waals surface area contributed by atoms with E-state index in [1.165, 1.54) is 11.1 Å². The molecule has 4 heteroatoms. The third-order valence-corrected chi connectivity index (χ3v) is 6.15. The standard InChI is InChI=1S/C20H26N2O2/c1-14-4-3-5-16(10-14)12-21-8-6-20(19(21)24)7-9-22(13-20)18(23)17-11-15(17)2/h3-5,10,15,17H,6-9,11-13H2,1-2H3. The molecule has 1 spiro atoms. The van der Waals surface area contributed by atoms with Gasteiger partial charge in [-0.3, -0.25) is 9.59 Å². The Morgan fingerprint density at radius 1 is 1.29 bits per heavy atom. The molecular weight excluding hydrogens is 300 g/mol. The van der Waals surface area contributed by atoms with E-state index in [0.29, 0.717) is 19.0 Å². The SMILES string of the molecule is Cc1cccc(CN2CCC3(CCN(C(=O)C4CC4C)C3)C2=O)c1. The van der Waals surface area contributed by atoms with Crippen LogP contribution in [0, 0.1) is 24.2 Å². The van der Waals surface area contributed by atoms with Gasteiger partial charge in [-0.1, -0.05) is 36.8 Å². The molecule has 3 atom stereocenters. The topological polar surface area (TPSA) is 40.6 Å². The molecule has 4 nitrogen and oxygen atoms in total. The first-order valence-corrected chi connectivity index (χ1v) is 9.12. The lowest BCUT2D eigenvalue weighted by atomic mass is 9.85. The van der Waals surface area contributed by atoms with Gasteiger partial charge in [-0.2, -0.15) is 0 Å². The Morgan fingerprint density at radius 2 is 2.04 bits per heavy atom. The van der Waals surface area contributed by atoms with Crippen LogP contribution in [0.4, 0.5) is 0 Å². The van der Waals surface area contributed by atoms with Crippen LogP contribution in [-0.4, -0.2) is 41.2 Å². The predicted molar refractivity (Wildman–Crippen MR) is 92.1 cm³/mol. The number of benzene rings is 1. The maximum Gasteiger partial charge on any atom is 0.231 e. The fourth-order valence-corrected chi connectivity index (χ4v) is 4.41. The minimum Gasteiger partial charge on any atom is -0.341 e. The van der Waals surface area contributed by atoms with Gasteiger partial charge in [-0.15, -0.1) is 0 Å². The second-order valence-electron chi connectivity index (χ2n) is 8.08. The molecule has 1 aromatic carbocycles. The third kappa shape index (κ3) is 2.62. The van der Waals surface area contributed by atoms with E-state index in [9.17, 15) is 9.59 Å². The van der Waals surface area contributed by atoms with Crippen LogP contribution in [-0.2, 0) is 16.1 Å². The van der Waals surface area contributed by atoms with Crippen LogP contribution in [0.5, 0.6) is 0 Å². The number of carbonyl (C=O) groups is 2. The molecule has 3 fully saturated rings. The molecule has 2 amide bonds. The first kappa shape index (κ1) is 15.7. The Hall–Kier alpha value is -1.84. The van der Waals surface area contributed by atoms with Crippen molar-refractivity contribution in [2.45, 2.75) is 39.7 Å². The van der Waals surface area contributed by atoms with Crippen LogP contribution in [0.15, 0.2) is 24.3 Å². The van der Waals surface area contributed by atoms with Gasteiger partial charge >= 0.3 is 0 Å². The van der Waals surface area contributed by atoms with Crippen LogP contribution < -0.4 is 0 Å². The number of hydrogen-bond donors (Lipinski definition) is 0. The predicted octanol–water partition coefficient (Wildman–Crippen LogP) is 2.60. The van der Waals surface area contributed by atoms with E-state index >= 15 is 0 Å². The highest BCUT2D eigenvalue weighted by Gasteiger charge is 2.53. The Morgan fingerprint density at radius 3 is 2.75 bits per heavy atom.